The first-order valence-electron chi connectivity index (χ1n) is 12.0. The van der Waals surface area contributed by atoms with Crippen molar-refractivity contribution in [2.75, 3.05) is 13.7 Å². The molecule has 2 aliphatic rings. The van der Waals surface area contributed by atoms with E-state index >= 15 is 0 Å². The fourth-order valence-corrected chi connectivity index (χ4v) is 4.88. The zero-order valence-electron chi connectivity index (χ0n) is 20.4. The van der Waals surface area contributed by atoms with Crippen LogP contribution in [0.3, 0.4) is 0 Å². The van der Waals surface area contributed by atoms with Crippen LogP contribution in [0.4, 0.5) is 0 Å². The van der Waals surface area contributed by atoms with Gasteiger partial charge in [-0.2, -0.15) is 0 Å². The third-order valence-corrected chi connectivity index (χ3v) is 6.31. The Kier molecular flexibility index (Phi) is 7.25. The van der Waals surface area contributed by atoms with Gasteiger partial charge in [0, 0.05) is 35.6 Å². The van der Waals surface area contributed by atoms with Gasteiger partial charge < -0.3 is 19.5 Å². The summed E-state index contributed by atoms with van der Waals surface area (Å²) in [6, 6.07) is 13.6. The first-order valence-corrected chi connectivity index (χ1v) is 12.0. The van der Waals surface area contributed by atoms with Crippen LogP contribution in [0.25, 0.3) is 0 Å². The maximum Gasteiger partial charge on any atom is 0.225 e. The highest BCUT2D eigenvalue weighted by molar-refractivity contribution is 6.02. The van der Waals surface area contributed by atoms with Gasteiger partial charge in [0.15, 0.2) is 17.3 Å². The van der Waals surface area contributed by atoms with Gasteiger partial charge in [0.1, 0.15) is 5.75 Å². The Labute approximate surface area is 201 Å². The molecule has 1 aliphatic heterocycles. The van der Waals surface area contributed by atoms with Crippen LogP contribution in [0, 0.1) is 0 Å². The Morgan fingerprint density at radius 1 is 1.03 bits per heavy atom. The van der Waals surface area contributed by atoms with Crippen molar-refractivity contribution in [3.05, 3.63) is 64.9 Å². The molecule has 2 unspecified atom stereocenters. The van der Waals surface area contributed by atoms with Gasteiger partial charge in [0.2, 0.25) is 5.91 Å². The van der Waals surface area contributed by atoms with E-state index in [4.69, 9.17) is 14.2 Å². The molecule has 34 heavy (non-hydrogen) atoms. The van der Waals surface area contributed by atoms with Crippen molar-refractivity contribution in [1.29, 1.82) is 0 Å². The Balaban J connectivity index is 1.67. The Bertz CT molecular complexity index is 1090. The van der Waals surface area contributed by atoms with Crippen molar-refractivity contribution in [1.82, 2.24) is 5.32 Å². The molecule has 0 saturated heterocycles. The number of nitrogens with one attached hydrogen (secondary N) is 1. The van der Waals surface area contributed by atoms with Crippen LogP contribution in [0.15, 0.2) is 53.7 Å². The zero-order chi connectivity index (χ0) is 24.2. The normalized spacial score (nSPS) is 20.1. The molecule has 0 radical (unpaired) electrons. The molecule has 2 aromatic rings. The molecule has 1 N–H and O–H groups in total. The van der Waals surface area contributed by atoms with E-state index < -0.39 is 0 Å². The standard InChI is InChI=1S/C28H33NO5/c1-5-13-33-28-21(7-6-8-25(28)32-4)22-16-26(31)29-23-14-19(15-24(30)27(22)23)18-9-11-20(12-10-18)34-17(2)3/h6-12,17,19,22H,5,13-16H2,1-4H3,(H,29,31). The number of amides is 1. The zero-order valence-corrected chi connectivity index (χ0v) is 20.4. The minimum Gasteiger partial charge on any atom is -0.493 e. The van der Waals surface area contributed by atoms with Crippen molar-refractivity contribution in [2.24, 2.45) is 0 Å². The summed E-state index contributed by atoms with van der Waals surface area (Å²) in [5.74, 6) is 1.70. The van der Waals surface area contributed by atoms with Crippen LogP contribution in [0.1, 0.15) is 69.4 Å². The second kappa shape index (κ2) is 10.3. The number of hydrogen-bond acceptors (Lipinski definition) is 5. The lowest BCUT2D eigenvalue weighted by molar-refractivity contribution is -0.122. The summed E-state index contributed by atoms with van der Waals surface area (Å²) in [5, 5.41) is 3.00. The van der Waals surface area contributed by atoms with Crippen LogP contribution in [0.5, 0.6) is 17.2 Å². The molecule has 2 atom stereocenters. The van der Waals surface area contributed by atoms with Crippen LogP contribution in [-0.2, 0) is 9.59 Å². The van der Waals surface area contributed by atoms with Gasteiger partial charge >= 0.3 is 0 Å². The molecule has 1 amide bonds. The second-order valence-electron chi connectivity index (χ2n) is 9.19. The number of allylic oxidation sites excluding steroid dienone is 2. The third-order valence-electron chi connectivity index (χ3n) is 6.31. The molecule has 180 valence electrons. The number of hydrogen-bond donors (Lipinski definition) is 1. The van der Waals surface area contributed by atoms with Crippen LogP contribution in [0.2, 0.25) is 0 Å². The average Bonchev–Trinajstić information content (AvgIpc) is 2.81. The van der Waals surface area contributed by atoms with E-state index in [-0.39, 0.29) is 36.1 Å². The van der Waals surface area contributed by atoms with Gasteiger partial charge in [0.25, 0.3) is 0 Å². The smallest absolute Gasteiger partial charge is 0.225 e. The number of methoxy groups -OCH3 is 1. The minimum absolute atomic E-state index is 0.0134. The predicted molar refractivity (Wildman–Crippen MR) is 130 cm³/mol. The molecule has 0 spiro atoms. The first-order chi connectivity index (χ1) is 16.4. The van der Waals surface area contributed by atoms with Gasteiger partial charge in [-0.1, -0.05) is 31.2 Å². The average molecular weight is 464 g/mol. The van der Waals surface area contributed by atoms with E-state index in [1.807, 2.05) is 63.2 Å². The Morgan fingerprint density at radius 2 is 1.79 bits per heavy atom. The Hall–Kier alpha value is -3.28. The van der Waals surface area contributed by atoms with E-state index in [9.17, 15) is 9.59 Å². The molecule has 0 bridgehead atoms. The molecule has 0 saturated carbocycles. The monoisotopic (exact) mass is 463 g/mol. The highest BCUT2D eigenvalue weighted by Crippen LogP contribution is 2.46. The first kappa shape index (κ1) is 23.9. The summed E-state index contributed by atoms with van der Waals surface area (Å²) in [5.41, 5.74) is 3.33. The lowest BCUT2D eigenvalue weighted by atomic mass is 9.73. The summed E-state index contributed by atoms with van der Waals surface area (Å²) in [4.78, 5) is 26.2. The summed E-state index contributed by atoms with van der Waals surface area (Å²) in [6.45, 7) is 6.55. The second-order valence-corrected chi connectivity index (χ2v) is 9.19. The predicted octanol–water partition coefficient (Wildman–Crippen LogP) is 5.28. The molecule has 1 aliphatic carbocycles. The Morgan fingerprint density at radius 3 is 2.47 bits per heavy atom. The van der Waals surface area contributed by atoms with Crippen molar-refractivity contribution < 1.29 is 23.8 Å². The number of carbonyl (C=O) groups excluding carboxylic acids is 2. The van der Waals surface area contributed by atoms with E-state index in [1.54, 1.807) is 7.11 Å². The number of benzene rings is 2. The van der Waals surface area contributed by atoms with E-state index in [0.717, 1.165) is 29.0 Å². The van der Waals surface area contributed by atoms with Crippen molar-refractivity contribution in [3.63, 3.8) is 0 Å². The quantitative estimate of drug-likeness (QED) is 0.577. The molecule has 6 heteroatoms. The van der Waals surface area contributed by atoms with Gasteiger partial charge in [-0.25, -0.2) is 0 Å². The summed E-state index contributed by atoms with van der Waals surface area (Å²) in [6.07, 6.45) is 2.18. The van der Waals surface area contributed by atoms with Crippen LogP contribution < -0.4 is 19.5 Å². The number of Topliss-reactive ketones (excluding diaryl/α,β-unsaturated/α-hetero) is 1. The van der Waals surface area contributed by atoms with Crippen LogP contribution in [-0.4, -0.2) is 31.5 Å². The molecule has 2 aromatic carbocycles. The molecule has 0 fully saturated rings. The lowest BCUT2D eigenvalue weighted by Crippen LogP contribution is -2.38. The van der Waals surface area contributed by atoms with Crippen molar-refractivity contribution in [2.45, 2.75) is 64.4 Å². The maximum atomic E-state index is 13.5. The SMILES string of the molecule is CCCOc1c(OC)cccc1C1CC(=O)NC2=C1C(=O)CC(c1ccc(OC(C)C)cc1)C2. The highest BCUT2D eigenvalue weighted by Gasteiger charge is 2.39. The fourth-order valence-electron chi connectivity index (χ4n) is 4.88. The number of para-hydroxylation sites is 1. The molecule has 0 aromatic heterocycles. The fraction of sp³-hybridized carbons (Fsp3) is 0.429. The highest BCUT2D eigenvalue weighted by atomic mass is 16.5. The molecule has 1 heterocycles. The molecular weight excluding hydrogens is 430 g/mol. The number of carbonyl (C=O) groups is 2. The van der Waals surface area contributed by atoms with Gasteiger partial charge in [-0.05, 0) is 56.4 Å². The number of ketones is 1. The van der Waals surface area contributed by atoms with Crippen molar-refractivity contribution in [3.8, 4) is 17.2 Å². The van der Waals surface area contributed by atoms with E-state index in [2.05, 4.69) is 5.32 Å². The summed E-state index contributed by atoms with van der Waals surface area (Å²) < 4.78 is 17.3. The largest absolute Gasteiger partial charge is 0.493 e. The summed E-state index contributed by atoms with van der Waals surface area (Å²) in [7, 11) is 1.60. The van der Waals surface area contributed by atoms with E-state index in [0.29, 0.717) is 36.5 Å². The summed E-state index contributed by atoms with van der Waals surface area (Å²) >= 11 is 0. The van der Waals surface area contributed by atoms with Crippen molar-refractivity contribution >= 4 is 11.7 Å². The maximum absolute atomic E-state index is 13.5. The number of ether oxygens (including phenoxy) is 3. The minimum atomic E-state index is -0.346. The lowest BCUT2D eigenvalue weighted by Gasteiger charge is -2.35. The van der Waals surface area contributed by atoms with E-state index in [1.165, 1.54) is 0 Å². The third kappa shape index (κ3) is 4.96. The molecule has 4 rings (SSSR count). The topological polar surface area (TPSA) is 73.9 Å². The van der Waals surface area contributed by atoms with Gasteiger partial charge in [-0.3, -0.25) is 9.59 Å². The van der Waals surface area contributed by atoms with Crippen LogP contribution >= 0.6 is 0 Å². The van der Waals surface area contributed by atoms with Gasteiger partial charge in [0.05, 0.1) is 19.8 Å². The molecular formula is C28H33NO5. The molecule has 6 nitrogen and oxygen atoms in total. The van der Waals surface area contributed by atoms with Gasteiger partial charge in [-0.15, -0.1) is 0 Å². The number of rotatable bonds is 8.